The van der Waals surface area contributed by atoms with Gasteiger partial charge in [0.2, 0.25) is 0 Å². The Bertz CT molecular complexity index is 1290. The second-order valence-electron chi connectivity index (χ2n) is 10.3. The Labute approximate surface area is 222 Å². The molecule has 5 rings (SSSR count). The van der Waals surface area contributed by atoms with E-state index >= 15 is 0 Å². The fraction of sp³-hybridized carbons (Fsp3) is 0.393. The number of hydrogen-bond donors (Lipinski definition) is 2. The summed E-state index contributed by atoms with van der Waals surface area (Å²) in [5, 5.41) is 7.96. The van der Waals surface area contributed by atoms with Crippen molar-refractivity contribution < 1.29 is 9.59 Å². The number of nitrogens with one attached hydrogen (secondary N) is 1. The maximum atomic E-state index is 13.2. The molecule has 2 aliphatic rings. The van der Waals surface area contributed by atoms with E-state index in [1.165, 1.54) is 0 Å². The van der Waals surface area contributed by atoms with Crippen LogP contribution in [0.25, 0.3) is 5.69 Å². The van der Waals surface area contributed by atoms with Gasteiger partial charge in [0.05, 0.1) is 11.9 Å². The second kappa shape index (κ2) is 10.6. The van der Waals surface area contributed by atoms with Crippen molar-refractivity contribution in [2.45, 2.75) is 20.3 Å². The number of nitrogens with two attached hydrogens (primary N) is 1. The van der Waals surface area contributed by atoms with Crippen LogP contribution in [0.1, 0.15) is 38.3 Å². The van der Waals surface area contributed by atoms with Crippen LogP contribution in [0.3, 0.4) is 0 Å². The molecule has 0 aliphatic carbocycles. The third-order valence-corrected chi connectivity index (χ3v) is 7.94. The molecule has 2 unspecified atom stereocenters. The Balaban J connectivity index is 1.08. The van der Waals surface area contributed by atoms with Crippen molar-refractivity contribution in [2.75, 3.05) is 45.0 Å². The first-order chi connectivity index (χ1) is 17.8. The van der Waals surface area contributed by atoms with Crippen LogP contribution in [0, 0.1) is 25.7 Å². The first-order valence-electron chi connectivity index (χ1n) is 12.8. The molecule has 8 nitrogen and oxygen atoms in total. The summed E-state index contributed by atoms with van der Waals surface area (Å²) >= 11 is 6.13. The molecule has 0 spiro atoms. The van der Waals surface area contributed by atoms with Gasteiger partial charge >= 0.3 is 0 Å². The molecule has 0 radical (unpaired) electrons. The highest BCUT2D eigenvalue weighted by molar-refractivity contribution is 6.31. The normalized spacial score (nSPS) is 19.3. The summed E-state index contributed by atoms with van der Waals surface area (Å²) in [5.41, 5.74) is 10.3. The van der Waals surface area contributed by atoms with Crippen LogP contribution in [0.15, 0.2) is 48.7 Å². The van der Waals surface area contributed by atoms with Gasteiger partial charge in [0.25, 0.3) is 11.8 Å². The zero-order valence-corrected chi connectivity index (χ0v) is 22.0. The van der Waals surface area contributed by atoms with Crippen molar-refractivity contribution in [1.29, 1.82) is 0 Å². The average Bonchev–Trinajstić information content (AvgIpc) is 3.57. The minimum absolute atomic E-state index is 0.0456. The second-order valence-corrected chi connectivity index (χ2v) is 10.7. The fourth-order valence-corrected chi connectivity index (χ4v) is 5.54. The van der Waals surface area contributed by atoms with Crippen molar-refractivity contribution in [3.8, 4) is 5.69 Å². The number of carbonyl (C=O) groups is 2. The molecule has 3 aromatic rings. The number of rotatable bonds is 7. The average molecular weight is 521 g/mol. The highest BCUT2D eigenvalue weighted by Crippen LogP contribution is 2.32. The zero-order chi connectivity index (χ0) is 26.1. The summed E-state index contributed by atoms with van der Waals surface area (Å²) < 4.78 is 1.62. The SMILES string of the molecule is Cc1ccc(-n2ncc(C(=O)N3CC4CN(CCCNC(=O)c5ccc(C)c(Cl)c5)CC4C3)c2N)cc1. The van der Waals surface area contributed by atoms with E-state index in [4.69, 9.17) is 17.3 Å². The van der Waals surface area contributed by atoms with Gasteiger partial charge in [-0.3, -0.25) is 9.59 Å². The quantitative estimate of drug-likeness (QED) is 0.464. The maximum Gasteiger partial charge on any atom is 0.259 e. The van der Waals surface area contributed by atoms with Gasteiger partial charge in [-0.2, -0.15) is 5.10 Å². The highest BCUT2D eigenvalue weighted by Gasteiger charge is 2.42. The number of hydrogen-bond acceptors (Lipinski definition) is 5. The van der Waals surface area contributed by atoms with Gasteiger partial charge in [0.1, 0.15) is 11.4 Å². The lowest BCUT2D eigenvalue weighted by Crippen LogP contribution is -2.34. The predicted octanol–water partition coefficient (Wildman–Crippen LogP) is 3.55. The molecule has 2 aliphatic heterocycles. The first kappa shape index (κ1) is 25.3. The Morgan fingerprint density at radius 3 is 2.43 bits per heavy atom. The predicted molar refractivity (Wildman–Crippen MR) is 145 cm³/mol. The van der Waals surface area contributed by atoms with Crippen molar-refractivity contribution in [3.63, 3.8) is 0 Å². The van der Waals surface area contributed by atoms with Gasteiger partial charge in [-0.15, -0.1) is 0 Å². The van der Waals surface area contributed by atoms with Gasteiger partial charge in [-0.1, -0.05) is 35.4 Å². The summed E-state index contributed by atoms with van der Waals surface area (Å²) in [6.07, 6.45) is 2.46. The Morgan fingerprint density at radius 1 is 1.05 bits per heavy atom. The number of aromatic nitrogens is 2. The summed E-state index contributed by atoms with van der Waals surface area (Å²) in [6.45, 7) is 8.89. The summed E-state index contributed by atoms with van der Waals surface area (Å²) in [5.74, 6) is 1.15. The Hall–Kier alpha value is -3.36. The van der Waals surface area contributed by atoms with Crippen LogP contribution < -0.4 is 11.1 Å². The van der Waals surface area contributed by atoms with E-state index in [0.29, 0.717) is 40.3 Å². The minimum atomic E-state index is -0.0979. The van der Waals surface area contributed by atoms with E-state index in [0.717, 1.165) is 56.0 Å². The van der Waals surface area contributed by atoms with Gasteiger partial charge in [0, 0.05) is 43.3 Å². The van der Waals surface area contributed by atoms with E-state index in [2.05, 4.69) is 15.3 Å². The van der Waals surface area contributed by atoms with Crippen molar-refractivity contribution >= 4 is 29.2 Å². The molecule has 194 valence electrons. The summed E-state index contributed by atoms with van der Waals surface area (Å²) in [4.78, 5) is 30.0. The number of nitrogen functional groups attached to an aromatic ring is 1. The Morgan fingerprint density at radius 2 is 1.76 bits per heavy atom. The molecular weight excluding hydrogens is 488 g/mol. The van der Waals surface area contributed by atoms with Gasteiger partial charge in [-0.25, -0.2) is 4.68 Å². The van der Waals surface area contributed by atoms with Crippen molar-refractivity contribution in [1.82, 2.24) is 24.9 Å². The number of anilines is 1. The van der Waals surface area contributed by atoms with Gasteiger partial charge in [-0.05, 0) is 68.5 Å². The smallest absolute Gasteiger partial charge is 0.259 e. The number of carbonyl (C=O) groups excluding carboxylic acids is 2. The minimum Gasteiger partial charge on any atom is -0.383 e. The first-order valence-corrected chi connectivity index (χ1v) is 13.1. The topological polar surface area (TPSA) is 96.5 Å². The largest absolute Gasteiger partial charge is 0.383 e. The molecule has 1 aromatic heterocycles. The molecule has 2 fully saturated rings. The van der Waals surface area contributed by atoms with E-state index < -0.39 is 0 Å². The molecule has 0 saturated carbocycles. The van der Waals surface area contributed by atoms with E-state index in [9.17, 15) is 9.59 Å². The summed E-state index contributed by atoms with van der Waals surface area (Å²) in [7, 11) is 0. The van der Waals surface area contributed by atoms with Crippen LogP contribution in [-0.4, -0.2) is 70.7 Å². The molecule has 3 N–H and O–H groups in total. The van der Waals surface area contributed by atoms with E-state index in [1.54, 1.807) is 23.0 Å². The lowest BCUT2D eigenvalue weighted by atomic mass is 10.0. The van der Waals surface area contributed by atoms with Crippen LogP contribution in [0.2, 0.25) is 5.02 Å². The number of aryl methyl sites for hydroxylation is 2. The molecule has 3 heterocycles. The number of likely N-dealkylation sites (tertiary alicyclic amines) is 2. The molecular formula is C28H33ClN6O2. The van der Waals surface area contributed by atoms with Crippen LogP contribution in [0.4, 0.5) is 5.82 Å². The monoisotopic (exact) mass is 520 g/mol. The van der Waals surface area contributed by atoms with Gasteiger partial charge < -0.3 is 20.9 Å². The Kier molecular flexibility index (Phi) is 7.22. The van der Waals surface area contributed by atoms with Crippen LogP contribution in [-0.2, 0) is 0 Å². The molecule has 2 saturated heterocycles. The summed E-state index contributed by atoms with van der Waals surface area (Å²) in [6, 6.07) is 13.3. The molecule has 9 heteroatoms. The standard InChI is InChI=1S/C28H33ClN6O2/c1-18-4-8-23(9-5-18)35-26(30)24(13-32-35)28(37)34-16-21-14-33(15-22(21)17-34)11-3-10-31-27(36)20-7-6-19(2)25(29)12-20/h4-9,12-13,21-22H,3,10-11,14-17,30H2,1-2H3,(H,31,36). The number of halogens is 1. The zero-order valence-electron chi connectivity index (χ0n) is 21.3. The van der Waals surface area contributed by atoms with Crippen LogP contribution >= 0.6 is 11.6 Å². The lowest BCUT2D eigenvalue weighted by Gasteiger charge is -2.21. The number of nitrogens with zero attached hydrogens (tertiary/aromatic N) is 4. The van der Waals surface area contributed by atoms with Crippen molar-refractivity contribution in [2.24, 2.45) is 11.8 Å². The highest BCUT2D eigenvalue weighted by atomic mass is 35.5. The fourth-order valence-electron chi connectivity index (χ4n) is 5.36. The number of amides is 2. The van der Waals surface area contributed by atoms with E-state index in [1.807, 2.05) is 49.1 Å². The molecule has 0 bridgehead atoms. The maximum absolute atomic E-state index is 13.2. The third kappa shape index (κ3) is 5.36. The lowest BCUT2D eigenvalue weighted by molar-refractivity contribution is 0.0775. The number of benzene rings is 2. The third-order valence-electron chi connectivity index (χ3n) is 7.54. The molecule has 37 heavy (non-hydrogen) atoms. The van der Waals surface area contributed by atoms with E-state index in [-0.39, 0.29) is 11.8 Å². The molecule has 2 aromatic carbocycles. The van der Waals surface area contributed by atoms with Crippen molar-refractivity contribution in [3.05, 3.63) is 75.9 Å². The number of fused-ring (bicyclic) bond motifs is 1. The molecule has 2 amide bonds. The molecule has 2 atom stereocenters. The van der Waals surface area contributed by atoms with Gasteiger partial charge in [0.15, 0.2) is 0 Å². The van der Waals surface area contributed by atoms with Crippen LogP contribution in [0.5, 0.6) is 0 Å².